The molecule has 4 nitrogen and oxygen atoms in total. The minimum absolute atomic E-state index is 0.438. The van der Waals surface area contributed by atoms with E-state index in [0.717, 1.165) is 16.8 Å². The highest BCUT2D eigenvalue weighted by atomic mass is 35.5. The second kappa shape index (κ2) is 4.85. The molecule has 17 heavy (non-hydrogen) atoms. The van der Waals surface area contributed by atoms with Gasteiger partial charge in [-0.15, -0.1) is 5.10 Å². The summed E-state index contributed by atoms with van der Waals surface area (Å²) in [6.07, 6.45) is 1.62. The van der Waals surface area contributed by atoms with Crippen LogP contribution in [0, 0.1) is 6.92 Å². The third-order valence-corrected chi connectivity index (χ3v) is 2.72. The zero-order valence-electron chi connectivity index (χ0n) is 9.76. The van der Waals surface area contributed by atoms with Crippen LogP contribution in [0.15, 0.2) is 24.4 Å². The van der Waals surface area contributed by atoms with Gasteiger partial charge in [0.1, 0.15) is 0 Å². The number of aromatic nitrogens is 3. The minimum atomic E-state index is -0.607. The van der Waals surface area contributed by atoms with Gasteiger partial charge in [0.15, 0.2) is 0 Å². The molecule has 2 rings (SSSR count). The molecule has 1 aromatic heterocycles. The molecule has 0 saturated heterocycles. The van der Waals surface area contributed by atoms with Crippen molar-refractivity contribution >= 4 is 11.6 Å². The van der Waals surface area contributed by atoms with Gasteiger partial charge in [0.05, 0.1) is 11.8 Å². The van der Waals surface area contributed by atoms with Crippen molar-refractivity contribution < 1.29 is 5.11 Å². The van der Waals surface area contributed by atoms with Crippen LogP contribution in [0.1, 0.15) is 22.9 Å². The van der Waals surface area contributed by atoms with E-state index in [0.29, 0.717) is 11.4 Å². The van der Waals surface area contributed by atoms with Crippen LogP contribution < -0.4 is 0 Å². The number of aliphatic hydroxyl groups is 1. The lowest BCUT2D eigenvalue weighted by molar-refractivity contribution is 0.177. The molecule has 0 bridgehead atoms. The van der Waals surface area contributed by atoms with Gasteiger partial charge in [-0.05, 0) is 30.2 Å². The lowest BCUT2D eigenvalue weighted by Crippen LogP contribution is -2.02. The molecule has 0 aliphatic heterocycles. The molecule has 2 aromatic rings. The first kappa shape index (κ1) is 12.1. The van der Waals surface area contributed by atoms with Gasteiger partial charge in [-0.3, -0.25) is 4.68 Å². The Hall–Kier alpha value is -1.39. The Morgan fingerprint density at radius 2 is 2.18 bits per heavy atom. The van der Waals surface area contributed by atoms with Crippen molar-refractivity contribution in [2.24, 2.45) is 7.05 Å². The Morgan fingerprint density at radius 1 is 1.41 bits per heavy atom. The van der Waals surface area contributed by atoms with Crippen LogP contribution in [0.3, 0.4) is 0 Å². The van der Waals surface area contributed by atoms with Gasteiger partial charge in [-0.2, -0.15) is 0 Å². The van der Waals surface area contributed by atoms with E-state index in [1.165, 1.54) is 0 Å². The van der Waals surface area contributed by atoms with Crippen molar-refractivity contribution in [3.8, 4) is 0 Å². The molecule has 1 unspecified atom stereocenters. The molecular formula is C12H14ClN3O. The van der Waals surface area contributed by atoms with E-state index in [1.807, 2.05) is 19.1 Å². The van der Waals surface area contributed by atoms with Gasteiger partial charge in [0, 0.05) is 24.7 Å². The van der Waals surface area contributed by atoms with E-state index in [4.69, 9.17) is 11.6 Å². The molecule has 0 radical (unpaired) electrons. The second-order valence-electron chi connectivity index (χ2n) is 4.17. The maximum absolute atomic E-state index is 10.1. The highest BCUT2D eigenvalue weighted by Gasteiger charge is 2.12. The highest BCUT2D eigenvalue weighted by Crippen LogP contribution is 2.22. The van der Waals surface area contributed by atoms with Crippen LogP contribution >= 0.6 is 11.6 Å². The number of hydrogen-bond donors (Lipinski definition) is 1. The van der Waals surface area contributed by atoms with E-state index < -0.39 is 6.10 Å². The lowest BCUT2D eigenvalue weighted by atomic mass is 10.0. The number of aliphatic hydroxyl groups excluding tert-OH is 1. The van der Waals surface area contributed by atoms with Crippen molar-refractivity contribution in [3.63, 3.8) is 0 Å². The molecule has 1 N–H and O–H groups in total. The quantitative estimate of drug-likeness (QED) is 0.908. The highest BCUT2D eigenvalue weighted by molar-refractivity contribution is 6.30. The van der Waals surface area contributed by atoms with Crippen molar-refractivity contribution in [1.82, 2.24) is 15.0 Å². The van der Waals surface area contributed by atoms with Crippen molar-refractivity contribution in [2.45, 2.75) is 19.4 Å². The first-order valence-electron chi connectivity index (χ1n) is 5.35. The van der Waals surface area contributed by atoms with Gasteiger partial charge in [0.2, 0.25) is 0 Å². The zero-order chi connectivity index (χ0) is 12.4. The van der Waals surface area contributed by atoms with Crippen LogP contribution in [-0.2, 0) is 13.5 Å². The molecule has 5 heteroatoms. The first-order chi connectivity index (χ1) is 8.04. The fraction of sp³-hybridized carbons (Fsp3) is 0.333. The van der Waals surface area contributed by atoms with E-state index in [1.54, 1.807) is 24.0 Å². The summed E-state index contributed by atoms with van der Waals surface area (Å²) in [6, 6.07) is 5.56. The molecule has 0 saturated carbocycles. The summed E-state index contributed by atoms with van der Waals surface area (Å²) >= 11 is 5.96. The van der Waals surface area contributed by atoms with Crippen LogP contribution in [0.2, 0.25) is 5.02 Å². The summed E-state index contributed by atoms with van der Waals surface area (Å²) in [5.41, 5.74) is 2.60. The van der Waals surface area contributed by atoms with Crippen LogP contribution in [0.5, 0.6) is 0 Å². The van der Waals surface area contributed by atoms with Crippen molar-refractivity contribution in [1.29, 1.82) is 0 Å². The summed E-state index contributed by atoms with van der Waals surface area (Å²) < 4.78 is 1.62. The number of halogens is 1. The topological polar surface area (TPSA) is 50.9 Å². The zero-order valence-corrected chi connectivity index (χ0v) is 10.5. The Morgan fingerprint density at radius 3 is 2.76 bits per heavy atom. The second-order valence-corrected chi connectivity index (χ2v) is 4.60. The van der Waals surface area contributed by atoms with E-state index >= 15 is 0 Å². The standard InChI is InChI=1S/C12H14ClN3O/c1-8-3-9(5-10(13)4-8)12(17)6-11-7-16(2)15-14-11/h3-5,7,12,17H,6H2,1-2H3. The maximum atomic E-state index is 10.1. The molecular weight excluding hydrogens is 238 g/mol. The number of rotatable bonds is 3. The smallest absolute Gasteiger partial charge is 0.0856 e. The monoisotopic (exact) mass is 251 g/mol. The molecule has 0 aliphatic carbocycles. The predicted molar refractivity (Wildman–Crippen MR) is 65.9 cm³/mol. The third-order valence-electron chi connectivity index (χ3n) is 2.50. The molecule has 0 fully saturated rings. The van der Waals surface area contributed by atoms with Gasteiger partial charge < -0.3 is 5.11 Å². The Balaban J connectivity index is 2.16. The van der Waals surface area contributed by atoms with Crippen LogP contribution in [0.4, 0.5) is 0 Å². The summed E-state index contributed by atoms with van der Waals surface area (Å²) in [4.78, 5) is 0. The van der Waals surface area contributed by atoms with E-state index in [-0.39, 0.29) is 0 Å². The Kier molecular flexibility index (Phi) is 3.45. The third kappa shape index (κ3) is 3.05. The first-order valence-corrected chi connectivity index (χ1v) is 5.73. The average molecular weight is 252 g/mol. The number of nitrogens with zero attached hydrogens (tertiary/aromatic N) is 3. The van der Waals surface area contributed by atoms with Gasteiger partial charge in [0.25, 0.3) is 0 Å². The van der Waals surface area contributed by atoms with Crippen LogP contribution in [0.25, 0.3) is 0 Å². The van der Waals surface area contributed by atoms with Gasteiger partial charge in [-0.25, -0.2) is 0 Å². The predicted octanol–water partition coefficient (Wildman–Crippen LogP) is 2.05. The minimum Gasteiger partial charge on any atom is -0.388 e. The maximum Gasteiger partial charge on any atom is 0.0856 e. The fourth-order valence-electron chi connectivity index (χ4n) is 1.76. The van der Waals surface area contributed by atoms with Crippen molar-refractivity contribution in [2.75, 3.05) is 0 Å². The molecule has 90 valence electrons. The Labute approximate surface area is 105 Å². The SMILES string of the molecule is Cc1cc(Cl)cc(C(O)Cc2cn(C)nn2)c1. The molecule has 1 aromatic carbocycles. The normalized spacial score (nSPS) is 12.7. The van der Waals surface area contributed by atoms with Gasteiger partial charge >= 0.3 is 0 Å². The number of benzene rings is 1. The summed E-state index contributed by atoms with van der Waals surface area (Å²) in [5, 5.41) is 18.5. The average Bonchev–Trinajstić information content (AvgIpc) is 2.62. The largest absolute Gasteiger partial charge is 0.388 e. The molecule has 1 atom stereocenters. The molecule has 0 aliphatic rings. The summed E-state index contributed by atoms with van der Waals surface area (Å²) in [7, 11) is 1.80. The summed E-state index contributed by atoms with van der Waals surface area (Å²) in [5.74, 6) is 0. The van der Waals surface area contributed by atoms with Crippen LogP contribution in [-0.4, -0.2) is 20.1 Å². The molecule has 0 spiro atoms. The lowest BCUT2D eigenvalue weighted by Gasteiger charge is -2.10. The number of hydrogen-bond acceptors (Lipinski definition) is 3. The number of aryl methyl sites for hydroxylation is 2. The fourth-order valence-corrected chi connectivity index (χ4v) is 2.06. The molecule has 1 heterocycles. The van der Waals surface area contributed by atoms with E-state index in [2.05, 4.69) is 10.3 Å². The molecule has 0 amide bonds. The van der Waals surface area contributed by atoms with E-state index in [9.17, 15) is 5.11 Å². The van der Waals surface area contributed by atoms with Gasteiger partial charge in [-0.1, -0.05) is 22.9 Å². The summed E-state index contributed by atoms with van der Waals surface area (Å²) in [6.45, 7) is 1.95. The van der Waals surface area contributed by atoms with Crippen molar-refractivity contribution in [3.05, 3.63) is 46.2 Å². The Bertz CT molecular complexity index is 504.